The van der Waals surface area contributed by atoms with Crippen molar-refractivity contribution in [3.8, 4) is 0 Å². The predicted molar refractivity (Wildman–Crippen MR) is 62.9 cm³/mol. The van der Waals surface area contributed by atoms with Crippen LogP contribution in [0.3, 0.4) is 0 Å². The van der Waals surface area contributed by atoms with E-state index in [1.165, 1.54) is 0 Å². The molecule has 0 radical (unpaired) electrons. The lowest BCUT2D eigenvalue weighted by Gasteiger charge is -2.17. The molecule has 9 heteroatoms. The zero-order chi connectivity index (χ0) is 14.8. The van der Waals surface area contributed by atoms with Gasteiger partial charge in [0, 0.05) is 11.8 Å². The number of aliphatic hydroxyl groups excluding tert-OH is 2. The number of nitro benzene ring substituents is 1. The van der Waals surface area contributed by atoms with Crippen LogP contribution in [0.15, 0.2) is 18.2 Å². The molecule has 2 unspecified atom stereocenters. The molecule has 1 rings (SSSR count). The Kier molecular flexibility index (Phi) is 4.77. The minimum absolute atomic E-state index is 0.143. The summed E-state index contributed by atoms with van der Waals surface area (Å²) in [6.45, 7) is 0. The lowest BCUT2D eigenvalue weighted by molar-refractivity contribution is -0.388. The zero-order valence-corrected chi connectivity index (χ0v) is 10.2. The maximum atomic E-state index is 12.5. The molecule has 19 heavy (non-hydrogen) atoms. The molecule has 0 saturated heterocycles. The summed E-state index contributed by atoms with van der Waals surface area (Å²) in [5.41, 5.74) is -2.76. The van der Waals surface area contributed by atoms with Crippen LogP contribution in [0.25, 0.3) is 0 Å². The van der Waals surface area contributed by atoms with Crippen molar-refractivity contribution < 1.29 is 28.3 Å². The number of alkyl halides is 3. The molecular weight excluding hydrogens is 287 g/mol. The first-order valence-electron chi connectivity index (χ1n) is 5.01. The molecule has 0 aliphatic heterocycles. The van der Waals surface area contributed by atoms with Crippen molar-refractivity contribution >= 4 is 18.3 Å². The Morgan fingerprint density at radius 2 is 1.95 bits per heavy atom. The SMILES string of the molecule is O=[N+]([O-])c1cc(C(O)C(O)CS)ccc1C(F)(F)F. The van der Waals surface area contributed by atoms with Crippen LogP contribution >= 0.6 is 12.6 Å². The fraction of sp³-hybridized carbons (Fsp3) is 0.400. The molecule has 0 aliphatic carbocycles. The number of rotatable bonds is 4. The molecule has 0 heterocycles. The maximum absolute atomic E-state index is 12.5. The standard InChI is InChI=1S/C10H10F3NO4S/c11-10(12,13)6-2-1-5(3-7(6)14(17)18)9(16)8(15)4-19/h1-3,8-9,15-16,19H,4H2. The molecule has 1 aromatic rings. The van der Waals surface area contributed by atoms with Crippen molar-refractivity contribution in [1.82, 2.24) is 0 Å². The summed E-state index contributed by atoms with van der Waals surface area (Å²) in [6.07, 6.45) is -7.74. The summed E-state index contributed by atoms with van der Waals surface area (Å²) in [5, 5.41) is 29.5. The number of thiol groups is 1. The lowest BCUT2D eigenvalue weighted by atomic mass is 10.0. The average molecular weight is 297 g/mol. The molecule has 2 N–H and O–H groups in total. The van der Waals surface area contributed by atoms with E-state index in [0.717, 1.165) is 6.07 Å². The van der Waals surface area contributed by atoms with Crippen molar-refractivity contribution in [3.05, 3.63) is 39.4 Å². The molecule has 0 aliphatic rings. The molecule has 0 amide bonds. The summed E-state index contributed by atoms with van der Waals surface area (Å²) < 4.78 is 37.6. The summed E-state index contributed by atoms with van der Waals surface area (Å²) >= 11 is 3.71. The van der Waals surface area contributed by atoms with E-state index in [1.54, 1.807) is 0 Å². The first-order chi connectivity index (χ1) is 8.68. The van der Waals surface area contributed by atoms with Gasteiger partial charge in [-0.3, -0.25) is 10.1 Å². The Morgan fingerprint density at radius 1 is 1.37 bits per heavy atom. The number of aliphatic hydroxyl groups is 2. The monoisotopic (exact) mass is 297 g/mol. The van der Waals surface area contributed by atoms with Gasteiger partial charge in [0.25, 0.3) is 5.69 Å². The van der Waals surface area contributed by atoms with Crippen LogP contribution < -0.4 is 0 Å². The summed E-state index contributed by atoms with van der Waals surface area (Å²) in [4.78, 5) is 9.44. The van der Waals surface area contributed by atoms with E-state index in [2.05, 4.69) is 12.6 Å². The lowest BCUT2D eigenvalue weighted by Crippen LogP contribution is -2.20. The van der Waals surface area contributed by atoms with Gasteiger partial charge in [0.15, 0.2) is 0 Å². The molecule has 1 aromatic carbocycles. The second kappa shape index (κ2) is 5.76. The number of benzene rings is 1. The van der Waals surface area contributed by atoms with E-state index in [-0.39, 0.29) is 11.3 Å². The average Bonchev–Trinajstić information content (AvgIpc) is 2.35. The molecule has 0 spiro atoms. The highest BCUT2D eigenvalue weighted by molar-refractivity contribution is 7.80. The molecular formula is C10H10F3NO4S. The van der Waals surface area contributed by atoms with E-state index >= 15 is 0 Å². The molecule has 0 aromatic heterocycles. The minimum atomic E-state index is -4.87. The summed E-state index contributed by atoms with van der Waals surface area (Å²) in [5.74, 6) is -0.143. The van der Waals surface area contributed by atoms with Crippen molar-refractivity contribution in [2.45, 2.75) is 18.4 Å². The predicted octanol–water partition coefficient (Wildman–Crippen LogP) is 1.94. The quantitative estimate of drug-likeness (QED) is 0.450. The number of nitro groups is 1. The Hall–Kier alpha value is -1.32. The van der Waals surface area contributed by atoms with E-state index in [1.807, 2.05) is 0 Å². The smallest absolute Gasteiger partial charge is 0.389 e. The second-order valence-corrected chi connectivity index (χ2v) is 4.09. The van der Waals surface area contributed by atoms with Gasteiger partial charge in [-0.2, -0.15) is 25.8 Å². The van der Waals surface area contributed by atoms with Gasteiger partial charge >= 0.3 is 6.18 Å². The van der Waals surface area contributed by atoms with Crippen LogP contribution in [0.2, 0.25) is 0 Å². The third kappa shape index (κ3) is 3.58. The van der Waals surface area contributed by atoms with Gasteiger partial charge < -0.3 is 10.2 Å². The number of hydrogen-bond acceptors (Lipinski definition) is 5. The van der Waals surface area contributed by atoms with Gasteiger partial charge in [-0.05, 0) is 11.6 Å². The molecule has 0 fully saturated rings. The largest absolute Gasteiger partial charge is 0.422 e. The van der Waals surface area contributed by atoms with E-state index in [9.17, 15) is 33.5 Å². The van der Waals surface area contributed by atoms with Crippen molar-refractivity contribution in [3.63, 3.8) is 0 Å². The third-order valence-electron chi connectivity index (χ3n) is 2.42. The van der Waals surface area contributed by atoms with Crippen molar-refractivity contribution in [1.29, 1.82) is 0 Å². The van der Waals surface area contributed by atoms with Crippen LogP contribution in [0, 0.1) is 10.1 Å². The maximum Gasteiger partial charge on any atom is 0.422 e. The van der Waals surface area contributed by atoms with Crippen LogP contribution in [-0.2, 0) is 6.18 Å². The first kappa shape index (κ1) is 15.7. The van der Waals surface area contributed by atoms with Gasteiger partial charge in [-0.15, -0.1) is 0 Å². The fourth-order valence-electron chi connectivity index (χ4n) is 1.45. The normalized spacial score (nSPS) is 15.1. The Balaban J connectivity index is 3.28. The minimum Gasteiger partial charge on any atom is -0.389 e. The molecule has 5 nitrogen and oxygen atoms in total. The van der Waals surface area contributed by atoms with Crippen LogP contribution in [0.4, 0.5) is 18.9 Å². The highest BCUT2D eigenvalue weighted by atomic mass is 32.1. The van der Waals surface area contributed by atoms with Gasteiger partial charge in [0.05, 0.1) is 11.0 Å². The topological polar surface area (TPSA) is 83.6 Å². The highest BCUT2D eigenvalue weighted by Crippen LogP contribution is 2.37. The van der Waals surface area contributed by atoms with Crippen molar-refractivity contribution in [2.24, 2.45) is 0 Å². The van der Waals surface area contributed by atoms with E-state index < -0.39 is 34.6 Å². The highest BCUT2D eigenvalue weighted by Gasteiger charge is 2.38. The molecule has 0 saturated carbocycles. The van der Waals surface area contributed by atoms with Gasteiger partial charge in [-0.25, -0.2) is 0 Å². The Morgan fingerprint density at radius 3 is 2.37 bits per heavy atom. The zero-order valence-electron chi connectivity index (χ0n) is 9.33. The number of halogens is 3. The molecule has 0 bridgehead atoms. The third-order valence-corrected chi connectivity index (χ3v) is 2.79. The second-order valence-electron chi connectivity index (χ2n) is 3.73. The molecule has 106 valence electrons. The van der Waals surface area contributed by atoms with E-state index in [0.29, 0.717) is 12.1 Å². The van der Waals surface area contributed by atoms with Crippen molar-refractivity contribution in [2.75, 3.05) is 5.75 Å². The van der Waals surface area contributed by atoms with Gasteiger partial charge in [-0.1, -0.05) is 6.07 Å². The van der Waals surface area contributed by atoms with Crippen LogP contribution in [0.1, 0.15) is 17.2 Å². The summed E-state index contributed by atoms with van der Waals surface area (Å²) in [7, 11) is 0. The Labute approximate surface area is 111 Å². The van der Waals surface area contributed by atoms with E-state index in [4.69, 9.17) is 0 Å². The van der Waals surface area contributed by atoms with Gasteiger partial charge in [0.2, 0.25) is 0 Å². The fourth-order valence-corrected chi connectivity index (χ4v) is 1.65. The van der Waals surface area contributed by atoms with Gasteiger partial charge in [0.1, 0.15) is 11.7 Å². The Bertz CT molecular complexity index is 480. The number of nitrogens with zero attached hydrogens (tertiary/aromatic N) is 1. The number of hydrogen-bond donors (Lipinski definition) is 3. The summed E-state index contributed by atoms with van der Waals surface area (Å²) in [6, 6.07) is 1.98. The van der Waals surface area contributed by atoms with Crippen LogP contribution in [0.5, 0.6) is 0 Å². The van der Waals surface area contributed by atoms with Crippen LogP contribution in [-0.4, -0.2) is 27.0 Å². The molecule has 2 atom stereocenters. The first-order valence-corrected chi connectivity index (χ1v) is 5.64.